The van der Waals surface area contributed by atoms with Crippen LogP contribution in [-0.4, -0.2) is 19.3 Å². The van der Waals surface area contributed by atoms with Crippen LogP contribution in [0.3, 0.4) is 0 Å². The number of fused-ring (bicyclic) bond motifs is 6. The molecule has 8 nitrogen and oxygen atoms in total. The van der Waals surface area contributed by atoms with Crippen LogP contribution in [0, 0.1) is 27.7 Å². The van der Waals surface area contributed by atoms with Gasteiger partial charge in [-0.05, 0) is 166 Å². The molecule has 8 heteroatoms. The number of aromatic hydroxyl groups is 2. The minimum absolute atomic E-state index is 0.0761. The number of phenols is 2. The van der Waals surface area contributed by atoms with Crippen molar-refractivity contribution < 1.29 is 10.2 Å². The second kappa shape index (κ2) is 10.8. The second-order valence-corrected chi connectivity index (χ2v) is 13.9. The Labute approximate surface area is 294 Å². The first-order valence-electron chi connectivity index (χ1n) is 16.9. The number of rotatable bonds is 2. The first-order chi connectivity index (χ1) is 24.9. The molecular weight excluding hydrogens is 652 g/mol. The molecule has 0 aliphatic heterocycles. The van der Waals surface area contributed by atoms with E-state index >= 15 is 0 Å². The van der Waals surface area contributed by atoms with Crippen molar-refractivity contribution in [2.75, 3.05) is 0 Å². The molecule has 0 fully saturated rings. The molecule has 0 aliphatic rings. The fourth-order valence-corrected chi connectivity index (χ4v) is 8.06. The molecule has 9 aromatic rings. The third-order valence-corrected chi connectivity index (χ3v) is 10.4. The van der Waals surface area contributed by atoms with Crippen molar-refractivity contribution in [3.8, 4) is 22.9 Å². The summed E-state index contributed by atoms with van der Waals surface area (Å²) in [6.45, 7) is 7.06. The minimum atomic E-state index is -0.398. The number of phenolic OH excluding ortho intramolecular Hbond substituents is 2. The highest BCUT2D eigenvalue weighted by molar-refractivity contribution is 6.07. The molecular formula is C44H30N2O6. The molecule has 52 heavy (non-hydrogen) atoms. The first kappa shape index (κ1) is 31.2. The fourth-order valence-electron chi connectivity index (χ4n) is 8.06. The zero-order valence-electron chi connectivity index (χ0n) is 28.7. The number of aryl methyl sites for hydroxylation is 4. The molecule has 9 rings (SSSR count). The van der Waals surface area contributed by atoms with Gasteiger partial charge < -0.3 is 10.2 Å². The van der Waals surface area contributed by atoms with Crippen molar-refractivity contribution in [1.29, 1.82) is 0 Å². The Kier molecular flexibility index (Phi) is 6.51. The first-order valence-corrected chi connectivity index (χ1v) is 16.9. The normalized spacial score (nSPS) is 11.9. The lowest BCUT2D eigenvalue weighted by Gasteiger charge is -2.10. The SMILES string of the molecule is Cc1cc(O)cc(C)c1-n1c(=O)c2cc3cc4ccc5cc6cc7c(=O)n(-c8c(C)cc(O)cc8C)c(=O)c7cc6cc5ccc4cc3cc2c1=O. The average molecular weight is 683 g/mol. The fraction of sp³-hybridized carbons (Fsp3) is 0.0909. The summed E-state index contributed by atoms with van der Waals surface area (Å²) < 4.78 is 2.41. The smallest absolute Gasteiger partial charge is 0.266 e. The number of benzene rings is 6. The summed E-state index contributed by atoms with van der Waals surface area (Å²) in [4.78, 5) is 54.7. The van der Waals surface area contributed by atoms with Crippen molar-refractivity contribution in [3.63, 3.8) is 0 Å². The van der Waals surface area contributed by atoms with Gasteiger partial charge in [0.25, 0.3) is 22.2 Å². The van der Waals surface area contributed by atoms with Gasteiger partial charge in [-0.3, -0.25) is 19.2 Å². The van der Waals surface area contributed by atoms with Crippen LogP contribution in [0.5, 0.6) is 11.5 Å². The predicted octanol–water partition coefficient (Wildman–Crippen LogP) is 7.71. The van der Waals surface area contributed by atoms with Crippen molar-refractivity contribution in [2.45, 2.75) is 27.7 Å². The van der Waals surface area contributed by atoms with Gasteiger partial charge in [0.2, 0.25) is 0 Å². The van der Waals surface area contributed by atoms with E-state index in [2.05, 4.69) is 0 Å². The van der Waals surface area contributed by atoms with E-state index in [1.54, 1.807) is 76.2 Å². The summed E-state index contributed by atoms with van der Waals surface area (Å²) in [7, 11) is 0. The maximum Gasteiger partial charge on any atom is 0.266 e. The molecule has 0 spiro atoms. The van der Waals surface area contributed by atoms with E-state index in [1.165, 1.54) is 9.13 Å². The van der Waals surface area contributed by atoms with Crippen LogP contribution in [0.1, 0.15) is 22.3 Å². The third-order valence-electron chi connectivity index (χ3n) is 10.4. The quantitative estimate of drug-likeness (QED) is 0.193. The van der Waals surface area contributed by atoms with Gasteiger partial charge in [0.05, 0.1) is 32.9 Å². The summed E-state index contributed by atoms with van der Waals surface area (Å²) in [5.74, 6) is 0.152. The Bertz CT molecular complexity index is 2910. The van der Waals surface area contributed by atoms with Gasteiger partial charge in [0, 0.05) is 0 Å². The van der Waals surface area contributed by atoms with Gasteiger partial charge in [-0.1, -0.05) is 24.3 Å². The molecule has 0 saturated heterocycles. The molecule has 7 aromatic carbocycles. The van der Waals surface area contributed by atoms with Crippen molar-refractivity contribution >= 4 is 64.6 Å². The summed E-state index contributed by atoms with van der Waals surface area (Å²) in [6, 6.07) is 29.4. The van der Waals surface area contributed by atoms with Gasteiger partial charge in [0.1, 0.15) is 11.5 Å². The molecule has 2 N–H and O–H groups in total. The third kappa shape index (κ3) is 4.47. The van der Waals surface area contributed by atoms with E-state index in [0.717, 1.165) is 43.1 Å². The van der Waals surface area contributed by atoms with Crippen molar-refractivity contribution in [3.05, 3.63) is 161 Å². The molecule has 0 atom stereocenters. The van der Waals surface area contributed by atoms with E-state index in [9.17, 15) is 29.4 Å². The van der Waals surface area contributed by atoms with Gasteiger partial charge in [-0.2, -0.15) is 0 Å². The van der Waals surface area contributed by atoms with Gasteiger partial charge >= 0.3 is 0 Å². The second-order valence-electron chi connectivity index (χ2n) is 13.9. The van der Waals surface area contributed by atoms with Crippen molar-refractivity contribution in [1.82, 2.24) is 9.13 Å². The Morgan fingerprint density at radius 3 is 0.808 bits per heavy atom. The Morgan fingerprint density at radius 2 is 0.577 bits per heavy atom. The van der Waals surface area contributed by atoms with Crippen LogP contribution in [-0.2, 0) is 0 Å². The molecule has 252 valence electrons. The minimum Gasteiger partial charge on any atom is -0.508 e. The van der Waals surface area contributed by atoms with E-state index in [4.69, 9.17) is 0 Å². The molecule has 0 amide bonds. The summed E-state index contributed by atoms with van der Waals surface area (Å²) in [5, 5.41) is 28.4. The van der Waals surface area contributed by atoms with Crippen LogP contribution in [0.15, 0.2) is 116 Å². The summed E-state index contributed by atoms with van der Waals surface area (Å²) in [6.07, 6.45) is 0. The molecule has 0 aliphatic carbocycles. The van der Waals surface area contributed by atoms with Crippen LogP contribution in [0.25, 0.3) is 76.0 Å². The Balaban J connectivity index is 1.22. The molecule has 0 saturated carbocycles. The van der Waals surface area contributed by atoms with E-state index in [0.29, 0.717) is 55.2 Å². The molecule has 0 radical (unpaired) electrons. The van der Waals surface area contributed by atoms with Crippen molar-refractivity contribution in [2.24, 2.45) is 0 Å². The summed E-state index contributed by atoms with van der Waals surface area (Å²) >= 11 is 0. The number of hydrogen-bond donors (Lipinski definition) is 2. The average Bonchev–Trinajstić information content (AvgIpc) is 3.45. The van der Waals surface area contributed by atoms with E-state index in [1.807, 2.05) is 48.5 Å². The van der Waals surface area contributed by atoms with Crippen LogP contribution in [0.2, 0.25) is 0 Å². The highest BCUT2D eigenvalue weighted by Crippen LogP contribution is 2.31. The predicted molar refractivity (Wildman–Crippen MR) is 209 cm³/mol. The van der Waals surface area contributed by atoms with E-state index in [-0.39, 0.29) is 11.5 Å². The van der Waals surface area contributed by atoms with Gasteiger partial charge in [-0.15, -0.1) is 0 Å². The highest BCUT2D eigenvalue weighted by Gasteiger charge is 2.20. The van der Waals surface area contributed by atoms with Crippen LogP contribution < -0.4 is 22.2 Å². The van der Waals surface area contributed by atoms with Crippen LogP contribution >= 0.6 is 0 Å². The summed E-state index contributed by atoms with van der Waals surface area (Å²) in [5.41, 5.74) is 1.89. The lowest BCUT2D eigenvalue weighted by atomic mass is 9.99. The monoisotopic (exact) mass is 682 g/mol. The lowest BCUT2D eigenvalue weighted by molar-refractivity contribution is 0.473. The lowest BCUT2D eigenvalue weighted by Crippen LogP contribution is -2.25. The Morgan fingerprint density at radius 1 is 0.346 bits per heavy atom. The highest BCUT2D eigenvalue weighted by atomic mass is 16.3. The maximum absolute atomic E-state index is 13.7. The number of hydrogen-bond acceptors (Lipinski definition) is 6. The zero-order chi connectivity index (χ0) is 36.3. The van der Waals surface area contributed by atoms with Gasteiger partial charge in [-0.25, -0.2) is 9.13 Å². The molecule has 2 heterocycles. The van der Waals surface area contributed by atoms with E-state index < -0.39 is 22.2 Å². The zero-order valence-corrected chi connectivity index (χ0v) is 28.7. The molecule has 0 unspecified atom stereocenters. The Hall–Kier alpha value is -6.80. The standard InChI is InChI=1S/C44H30N2O6/c1-21-9-33(47)10-22(2)39(21)45-41(49)35-17-29-13-25-5-7-27-15-31-19-37-38(44(52)46(43(37)51)40-23(3)11-34(48)12-24(40)4)20-32(31)16-28(27)8-6-26(25)14-30(29)18-36(35)42(45)50/h5-20,47-48H,1-4H3. The molecule has 2 aromatic heterocycles. The number of nitrogens with zero attached hydrogens (tertiary/aromatic N) is 2. The number of aromatic nitrogens is 2. The topological polar surface area (TPSA) is 119 Å². The maximum atomic E-state index is 13.7. The van der Waals surface area contributed by atoms with Gasteiger partial charge in [0.15, 0.2) is 0 Å². The largest absolute Gasteiger partial charge is 0.508 e. The van der Waals surface area contributed by atoms with Crippen LogP contribution in [0.4, 0.5) is 0 Å². The molecule has 0 bridgehead atoms.